The van der Waals surface area contributed by atoms with Gasteiger partial charge in [-0.1, -0.05) is 24.3 Å². The summed E-state index contributed by atoms with van der Waals surface area (Å²) in [4.78, 5) is 11.7. The van der Waals surface area contributed by atoms with Crippen molar-refractivity contribution in [3.63, 3.8) is 0 Å². The van der Waals surface area contributed by atoms with E-state index in [0.29, 0.717) is 48.6 Å². The van der Waals surface area contributed by atoms with Gasteiger partial charge in [0.05, 0.1) is 45.0 Å². The van der Waals surface area contributed by atoms with Gasteiger partial charge >= 0.3 is 0 Å². The van der Waals surface area contributed by atoms with Gasteiger partial charge in [-0.2, -0.15) is 0 Å². The van der Waals surface area contributed by atoms with Gasteiger partial charge in [0.1, 0.15) is 0 Å². The number of nitrogens with zero attached hydrogens (tertiary/aromatic N) is 3. The molecule has 0 saturated heterocycles. The SMILES string of the molecule is Fc1c(F)c(F)c(-c2c3nc(c(-c4c(F)c(F)c(F)c(F)c4F)c4ccc([n-]4)c(-c4c(F)c(F)c(F)c(F)c4F)c4nc(c(-c5c(F)c(F)c(F)c(F)c5F)c5ccc2=5)C=C4)C=C3)c(F)c1F.[Pt]. The van der Waals surface area contributed by atoms with Crippen molar-refractivity contribution in [2.45, 2.75) is 0 Å². The first-order valence-corrected chi connectivity index (χ1v) is 18.0. The van der Waals surface area contributed by atoms with Crippen molar-refractivity contribution in [2.75, 3.05) is 0 Å². The molecule has 0 fully saturated rings. The first kappa shape index (κ1) is 47.5. The van der Waals surface area contributed by atoms with Crippen molar-refractivity contribution in [3.8, 4) is 44.5 Å². The van der Waals surface area contributed by atoms with Crippen LogP contribution < -0.4 is 4.98 Å². The van der Waals surface area contributed by atoms with Gasteiger partial charge in [0.2, 0.25) is 23.3 Å². The molecule has 0 N–H and O–H groups in total. The second-order valence-electron chi connectivity index (χ2n) is 14.1. The Hall–Kier alpha value is -7.03. The number of benzene rings is 4. The molecule has 1 aliphatic carbocycles. The summed E-state index contributed by atoms with van der Waals surface area (Å²) in [5.41, 5.74) is -19.6. The molecule has 5 aromatic rings. The third-order valence-corrected chi connectivity index (χ3v) is 10.5. The van der Waals surface area contributed by atoms with Crippen LogP contribution in [0.5, 0.6) is 0 Å². The van der Waals surface area contributed by atoms with E-state index in [1.807, 2.05) is 0 Å². The van der Waals surface area contributed by atoms with Crippen LogP contribution in [0.15, 0.2) is 24.3 Å². The van der Waals surface area contributed by atoms with Crippen molar-refractivity contribution in [2.24, 2.45) is 0 Å². The van der Waals surface area contributed by atoms with Crippen LogP contribution in [0.1, 0.15) is 22.8 Å². The van der Waals surface area contributed by atoms with E-state index < -0.39 is 205 Å². The maximum Gasteiger partial charge on any atom is 0.200 e. The molecule has 4 aliphatic rings. The van der Waals surface area contributed by atoms with Crippen LogP contribution in [0.3, 0.4) is 0 Å². The molecule has 0 unspecified atom stereocenters. The number of hydrogen-bond donors (Lipinski definition) is 0. The van der Waals surface area contributed by atoms with Crippen LogP contribution in [-0.2, 0) is 21.1 Å². The molecule has 24 heteroatoms. The minimum absolute atomic E-state index is 0. The zero-order chi connectivity index (χ0) is 48.6. The average Bonchev–Trinajstić information content (AvgIpc) is 4.10. The number of halogens is 20. The van der Waals surface area contributed by atoms with E-state index in [1.54, 1.807) is 0 Å². The fourth-order valence-corrected chi connectivity index (χ4v) is 7.48. The minimum Gasteiger partial charge on any atom is -0.657 e. The van der Waals surface area contributed by atoms with Crippen LogP contribution in [0.2, 0.25) is 0 Å². The first-order chi connectivity index (χ1) is 31.6. The molecule has 0 saturated carbocycles. The molecule has 4 heterocycles. The first-order valence-electron chi connectivity index (χ1n) is 18.0. The Morgan fingerprint density at radius 3 is 0.647 bits per heavy atom. The zero-order valence-corrected chi connectivity index (χ0v) is 34.1. The summed E-state index contributed by atoms with van der Waals surface area (Å²) in [7, 11) is 0. The molecule has 0 radical (unpaired) electrons. The van der Waals surface area contributed by atoms with E-state index >= 15 is 35.1 Å². The van der Waals surface area contributed by atoms with E-state index in [2.05, 4.69) is 15.0 Å². The molecular formula is C44H8F20N3Pt-. The van der Waals surface area contributed by atoms with Crippen molar-refractivity contribution < 1.29 is 109 Å². The number of fused-ring (bicyclic) bond motifs is 6. The van der Waals surface area contributed by atoms with Crippen molar-refractivity contribution in [1.82, 2.24) is 15.0 Å². The van der Waals surface area contributed by atoms with E-state index in [-0.39, 0.29) is 21.1 Å². The van der Waals surface area contributed by atoms with E-state index in [0.717, 1.165) is 0 Å². The van der Waals surface area contributed by atoms with E-state index in [9.17, 15) is 52.7 Å². The fraction of sp³-hybridized carbons (Fsp3) is 0. The number of hydrogen-bond acceptors (Lipinski definition) is 2. The average molecular weight is 1150 g/mol. The van der Waals surface area contributed by atoms with Crippen LogP contribution in [0.25, 0.3) is 79.8 Å². The fourth-order valence-electron chi connectivity index (χ4n) is 7.48. The Balaban J connectivity index is 0.00000625. The van der Waals surface area contributed by atoms with Crippen molar-refractivity contribution in [3.05, 3.63) is 174 Å². The monoisotopic (exact) mass is 1150 g/mol. The van der Waals surface area contributed by atoms with Gasteiger partial charge in [-0.05, 0) is 45.9 Å². The van der Waals surface area contributed by atoms with Crippen molar-refractivity contribution >= 4 is 35.3 Å². The van der Waals surface area contributed by atoms with Gasteiger partial charge in [0.15, 0.2) is 93.1 Å². The Kier molecular flexibility index (Phi) is 11.6. The normalized spacial score (nSPS) is 12.2. The molecule has 1 aromatic heterocycles. The van der Waals surface area contributed by atoms with Gasteiger partial charge in [-0.15, -0.1) is 11.0 Å². The quantitative estimate of drug-likeness (QED) is 0.100. The smallest absolute Gasteiger partial charge is 0.200 e. The summed E-state index contributed by atoms with van der Waals surface area (Å²) in [6.07, 6.45) is 2.24. The van der Waals surface area contributed by atoms with Crippen LogP contribution >= 0.6 is 0 Å². The number of rotatable bonds is 4. The number of aromatic nitrogens is 3. The molecule has 0 spiro atoms. The third-order valence-electron chi connectivity index (χ3n) is 10.5. The molecule has 3 nitrogen and oxygen atoms in total. The second kappa shape index (κ2) is 16.6. The minimum atomic E-state index is -2.76. The standard InChI is InChI=1S/C44H8F20N3.Pt/c45-25-21(26(46)34(54)41(61)33(25)53)17-9-1-2-10(9)18(22-27(47)35(55)42(62)36(56)28(22)48)12-4-6-14(66-12)20(24-31(51)39(59)44(64)40(60)32(24)52)16-8-7-15(67-16)19(13-5-3-11(17)65-13)23-29(49)37(57)43(63)38(58)30(23)50;/h1-8H;/q-1;. The Labute approximate surface area is 376 Å². The summed E-state index contributed by atoms with van der Waals surface area (Å²) in [6.45, 7) is 0. The predicted molar refractivity (Wildman–Crippen MR) is 193 cm³/mol. The van der Waals surface area contributed by atoms with Gasteiger partial charge in [0.25, 0.3) is 0 Å². The molecular weight excluding hydrogens is 1150 g/mol. The van der Waals surface area contributed by atoms with Gasteiger partial charge in [-0.25, -0.2) is 97.8 Å². The topological polar surface area (TPSA) is 39.9 Å². The van der Waals surface area contributed by atoms with Gasteiger partial charge in [-0.3, -0.25) is 0 Å². The summed E-state index contributed by atoms with van der Waals surface area (Å²) in [6, 6.07) is 2.51. The van der Waals surface area contributed by atoms with E-state index in [1.165, 1.54) is 0 Å². The van der Waals surface area contributed by atoms with Crippen LogP contribution in [-0.4, -0.2) is 9.97 Å². The summed E-state index contributed by atoms with van der Waals surface area (Å²) in [5, 5.41) is -1.97. The maximum atomic E-state index is 15.9. The Morgan fingerprint density at radius 2 is 0.426 bits per heavy atom. The molecule has 0 atom stereocenters. The summed E-state index contributed by atoms with van der Waals surface area (Å²) < 4.78 is 304. The van der Waals surface area contributed by atoms with Gasteiger partial charge in [0, 0.05) is 32.2 Å². The molecule has 6 bridgehead atoms. The van der Waals surface area contributed by atoms with Gasteiger partial charge < -0.3 is 4.98 Å². The zero-order valence-electron chi connectivity index (χ0n) is 31.8. The summed E-state index contributed by atoms with van der Waals surface area (Å²) in [5.74, 6) is -53.4. The largest absolute Gasteiger partial charge is 0.657 e. The molecule has 350 valence electrons. The second-order valence-corrected chi connectivity index (χ2v) is 14.1. The molecule has 9 rings (SSSR count). The van der Waals surface area contributed by atoms with Crippen LogP contribution in [0, 0.1) is 127 Å². The van der Waals surface area contributed by atoms with E-state index in [4.69, 9.17) is 0 Å². The van der Waals surface area contributed by atoms with Crippen molar-refractivity contribution in [1.29, 1.82) is 0 Å². The predicted octanol–water partition coefficient (Wildman–Crippen LogP) is 13.4. The molecule has 4 aromatic carbocycles. The molecule has 68 heavy (non-hydrogen) atoms. The molecule has 3 aliphatic heterocycles. The maximum absolute atomic E-state index is 15.9. The Bertz CT molecular complexity index is 3360. The third kappa shape index (κ3) is 6.62. The van der Waals surface area contributed by atoms with Crippen LogP contribution in [0.4, 0.5) is 87.8 Å². The summed E-state index contributed by atoms with van der Waals surface area (Å²) >= 11 is 0. The Morgan fingerprint density at radius 1 is 0.235 bits per heavy atom. The molecule has 0 amide bonds.